The molecule has 0 amide bonds. The van der Waals surface area contributed by atoms with Crippen molar-refractivity contribution in [1.29, 1.82) is 0 Å². The normalized spacial score (nSPS) is 13.1. The van der Waals surface area contributed by atoms with E-state index in [9.17, 15) is 4.39 Å². The maximum Gasteiger partial charge on any atom is 0.131 e. The minimum absolute atomic E-state index is 0.133. The number of rotatable bonds is 6. The lowest BCUT2D eigenvalue weighted by atomic mass is 9.89. The highest BCUT2D eigenvalue weighted by atomic mass is 79.9. The minimum Gasteiger partial charge on any atom is -0.206 e. The smallest absolute Gasteiger partial charge is 0.131 e. The van der Waals surface area contributed by atoms with E-state index in [-0.39, 0.29) is 5.82 Å². The zero-order valence-electron chi connectivity index (χ0n) is 12.2. The molecule has 2 rings (SSSR count). The summed E-state index contributed by atoms with van der Waals surface area (Å²) in [5, 5.41) is 1.76. The molecule has 0 heterocycles. The highest BCUT2D eigenvalue weighted by Crippen LogP contribution is 2.40. The van der Waals surface area contributed by atoms with Crippen molar-refractivity contribution >= 4 is 26.7 Å². The summed E-state index contributed by atoms with van der Waals surface area (Å²) < 4.78 is 13.9. The summed E-state index contributed by atoms with van der Waals surface area (Å²) in [6.07, 6.45) is 4.78. The Morgan fingerprint density at radius 2 is 1.55 bits per heavy atom. The summed E-state index contributed by atoms with van der Waals surface area (Å²) in [5.74, 6) is 0.477. The lowest BCUT2D eigenvalue weighted by Gasteiger charge is -2.23. The Balaban J connectivity index is 2.43. The molecule has 2 heteroatoms. The van der Waals surface area contributed by atoms with Crippen LogP contribution in [-0.2, 0) is 0 Å². The second-order valence-electron chi connectivity index (χ2n) is 5.42. The maximum atomic E-state index is 13.9. The minimum atomic E-state index is -0.133. The Hall–Kier alpha value is -0.890. The van der Waals surface area contributed by atoms with Gasteiger partial charge in [0.2, 0.25) is 0 Å². The third-order valence-electron chi connectivity index (χ3n) is 3.93. The molecule has 0 spiro atoms. The Morgan fingerprint density at radius 1 is 0.950 bits per heavy atom. The predicted octanol–water partition coefficient (Wildman–Crippen LogP) is 6.63. The van der Waals surface area contributed by atoms with Gasteiger partial charge in [-0.2, -0.15) is 0 Å². The molecule has 0 bridgehead atoms. The molecule has 0 radical (unpaired) electrons. The topological polar surface area (TPSA) is 0 Å². The van der Waals surface area contributed by atoms with E-state index >= 15 is 0 Å². The molecular weight excluding hydrogens is 315 g/mol. The van der Waals surface area contributed by atoms with Gasteiger partial charge in [0.05, 0.1) is 0 Å². The third-order valence-corrected chi connectivity index (χ3v) is 5.18. The molecule has 0 aromatic heterocycles. The zero-order valence-corrected chi connectivity index (χ0v) is 13.8. The van der Waals surface area contributed by atoms with Gasteiger partial charge in [-0.25, -0.2) is 4.39 Å². The van der Waals surface area contributed by atoms with Crippen LogP contribution in [-0.4, -0.2) is 0 Å². The lowest BCUT2D eigenvalue weighted by molar-refractivity contribution is 0.436. The fourth-order valence-electron chi connectivity index (χ4n) is 2.96. The number of halogens is 2. The van der Waals surface area contributed by atoms with Gasteiger partial charge in [-0.3, -0.25) is 0 Å². The molecule has 2 aromatic rings. The van der Waals surface area contributed by atoms with Gasteiger partial charge >= 0.3 is 0 Å². The van der Waals surface area contributed by atoms with Crippen LogP contribution in [0.1, 0.15) is 49.9 Å². The Kier molecular flexibility index (Phi) is 5.59. The summed E-state index contributed by atoms with van der Waals surface area (Å²) in [6.45, 7) is 4.45. The molecule has 0 fully saturated rings. The van der Waals surface area contributed by atoms with E-state index in [2.05, 4.69) is 29.8 Å². The number of hydrogen-bond donors (Lipinski definition) is 0. The predicted molar refractivity (Wildman–Crippen MR) is 88.9 cm³/mol. The van der Waals surface area contributed by atoms with Crippen LogP contribution < -0.4 is 0 Å². The third kappa shape index (κ3) is 3.22. The molecule has 2 aromatic carbocycles. The molecule has 0 N–H and O–H groups in total. The van der Waals surface area contributed by atoms with Crippen molar-refractivity contribution in [2.45, 2.75) is 44.4 Å². The fourth-order valence-corrected chi connectivity index (χ4v) is 3.89. The van der Waals surface area contributed by atoms with Gasteiger partial charge in [0.25, 0.3) is 0 Å². The van der Waals surface area contributed by atoms with E-state index < -0.39 is 0 Å². The first kappa shape index (κ1) is 15.5. The average molecular weight is 337 g/mol. The van der Waals surface area contributed by atoms with E-state index in [0.717, 1.165) is 10.8 Å². The summed E-state index contributed by atoms with van der Waals surface area (Å²) >= 11 is 3.88. The lowest BCUT2D eigenvalue weighted by Crippen LogP contribution is -2.08. The van der Waals surface area contributed by atoms with Crippen LogP contribution in [0.5, 0.6) is 0 Å². The van der Waals surface area contributed by atoms with Crippen LogP contribution in [0.2, 0.25) is 0 Å². The van der Waals surface area contributed by atoms with Gasteiger partial charge in [-0.15, -0.1) is 0 Å². The summed E-state index contributed by atoms with van der Waals surface area (Å²) in [7, 11) is 0. The standard InChI is InChI=1S/C18H22BrF/c1-3-7-13(8-4-2)18(19)16-11-12-17(20)15-10-6-5-9-14(15)16/h5-6,9-13,18H,3-4,7-8H2,1-2H3. The monoisotopic (exact) mass is 336 g/mol. The number of benzene rings is 2. The molecule has 0 saturated carbocycles. The summed E-state index contributed by atoms with van der Waals surface area (Å²) in [4.78, 5) is 0.299. The second-order valence-corrected chi connectivity index (χ2v) is 6.41. The second kappa shape index (κ2) is 7.21. The first-order valence-electron chi connectivity index (χ1n) is 7.50. The van der Waals surface area contributed by atoms with Crippen LogP contribution in [0.25, 0.3) is 10.8 Å². The molecule has 0 saturated heterocycles. The quantitative estimate of drug-likeness (QED) is 0.519. The molecule has 108 valence electrons. The van der Waals surface area contributed by atoms with Gasteiger partial charge < -0.3 is 0 Å². The van der Waals surface area contributed by atoms with Gasteiger partial charge in [-0.05, 0) is 35.8 Å². The van der Waals surface area contributed by atoms with Crippen molar-refractivity contribution in [2.24, 2.45) is 5.92 Å². The molecule has 0 aliphatic carbocycles. The molecule has 0 nitrogen and oxygen atoms in total. The molecule has 0 aliphatic heterocycles. The maximum absolute atomic E-state index is 13.9. The largest absolute Gasteiger partial charge is 0.206 e. The van der Waals surface area contributed by atoms with Crippen LogP contribution in [0.4, 0.5) is 4.39 Å². The van der Waals surface area contributed by atoms with Crippen molar-refractivity contribution in [3.63, 3.8) is 0 Å². The Morgan fingerprint density at radius 3 is 2.15 bits per heavy atom. The van der Waals surface area contributed by atoms with Crippen molar-refractivity contribution < 1.29 is 4.39 Å². The Labute approximate surface area is 129 Å². The summed E-state index contributed by atoms with van der Waals surface area (Å²) in [5.41, 5.74) is 1.22. The molecule has 20 heavy (non-hydrogen) atoms. The van der Waals surface area contributed by atoms with Gasteiger partial charge in [0.15, 0.2) is 0 Å². The number of fused-ring (bicyclic) bond motifs is 1. The molecule has 1 atom stereocenters. The first-order chi connectivity index (χ1) is 9.69. The highest BCUT2D eigenvalue weighted by Gasteiger charge is 2.21. The zero-order chi connectivity index (χ0) is 14.5. The van der Waals surface area contributed by atoms with E-state index in [1.54, 1.807) is 6.07 Å². The van der Waals surface area contributed by atoms with Crippen LogP contribution >= 0.6 is 15.9 Å². The molecule has 1 unspecified atom stereocenters. The number of hydrogen-bond acceptors (Lipinski definition) is 0. The Bertz CT molecular complexity index is 558. The highest BCUT2D eigenvalue weighted by molar-refractivity contribution is 9.09. The van der Waals surface area contributed by atoms with Gasteiger partial charge in [-0.1, -0.05) is 73.0 Å². The van der Waals surface area contributed by atoms with Crippen molar-refractivity contribution in [2.75, 3.05) is 0 Å². The first-order valence-corrected chi connectivity index (χ1v) is 8.41. The summed E-state index contributed by atoms with van der Waals surface area (Å²) in [6, 6.07) is 11.3. The van der Waals surface area contributed by atoms with E-state index in [0.29, 0.717) is 10.7 Å². The van der Waals surface area contributed by atoms with Crippen molar-refractivity contribution in [3.8, 4) is 0 Å². The van der Waals surface area contributed by atoms with Crippen LogP contribution in [0, 0.1) is 11.7 Å². The van der Waals surface area contributed by atoms with E-state index in [1.807, 2.05) is 30.3 Å². The van der Waals surface area contributed by atoms with Crippen LogP contribution in [0.15, 0.2) is 36.4 Å². The van der Waals surface area contributed by atoms with Crippen LogP contribution in [0.3, 0.4) is 0 Å². The molecular formula is C18H22BrF. The van der Waals surface area contributed by atoms with Crippen molar-refractivity contribution in [1.82, 2.24) is 0 Å². The average Bonchev–Trinajstić information content (AvgIpc) is 2.47. The molecule has 0 aliphatic rings. The van der Waals surface area contributed by atoms with E-state index in [1.165, 1.54) is 31.2 Å². The number of alkyl halides is 1. The van der Waals surface area contributed by atoms with E-state index in [4.69, 9.17) is 0 Å². The van der Waals surface area contributed by atoms with Gasteiger partial charge in [0.1, 0.15) is 5.82 Å². The SMILES string of the molecule is CCCC(CCC)C(Br)c1ccc(F)c2ccccc12. The van der Waals surface area contributed by atoms with Crippen molar-refractivity contribution in [3.05, 3.63) is 47.8 Å². The van der Waals surface area contributed by atoms with Gasteiger partial charge in [0, 0.05) is 10.2 Å². The fraction of sp³-hybridized carbons (Fsp3) is 0.444.